The summed E-state index contributed by atoms with van der Waals surface area (Å²) in [4.78, 5) is 105. The van der Waals surface area contributed by atoms with E-state index in [0.717, 1.165) is 12.8 Å². The molecular formula is C40H50O20. The first kappa shape index (κ1) is 42.3. The van der Waals surface area contributed by atoms with Gasteiger partial charge < -0.3 is 56.8 Å². The van der Waals surface area contributed by atoms with E-state index in [0.29, 0.717) is 64.2 Å². The molecule has 0 amide bonds. The topological polar surface area (TPSA) is 261 Å². The maximum absolute atomic E-state index is 13.7. The van der Waals surface area contributed by atoms with Gasteiger partial charge in [0, 0.05) is 25.7 Å². The maximum atomic E-state index is 13.7. The summed E-state index contributed by atoms with van der Waals surface area (Å²) in [6.07, 6.45) is 4.02. The van der Waals surface area contributed by atoms with E-state index in [1.165, 1.54) is 0 Å². The molecule has 4 saturated heterocycles. The maximum Gasteiger partial charge on any atom is 0.344 e. The van der Waals surface area contributed by atoms with Crippen LogP contribution < -0.4 is 0 Å². The third-order valence-corrected chi connectivity index (χ3v) is 12.2. The third kappa shape index (κ3) is 11.9. The highest BCUT2D eigenvalue weighted by Gasteiger charge is 2.48. The average molecular weight is 851 g/mol. The lowest BCUT2D eigenvalue weighted by atomic mass is 9.86. The van der Waals surface area contributed by atoms with Crippen LogP contribution in [0, 0.1) is 11.8 Å². The molecule has 0 aromatic carbocycles. The van der Waals surface area contributed by atoms with E-state index in [-0.39, 0.29) is 48.8 Å². The molecule has 8 aliphatic rings. The molecule has 4 aliphatic heterocycles. The number of fused-ring (bicyclic) bond motifs is 4. The van der Waals surface area contributed by atoms with Crippen LogP contribution in [-0.4, -0.2) is 147 Å². The van der Waals surface area contributed by atoms with Gasteiger partial charge in [-0.2, -0.15) is 0 Å². The smallest absolute Gasteiger partial charge is 0.344 e. The molecule has 0 spiro atoms. The van der Waals surface area contributed by atoms with Gasteiger partial charge in [-0.05, 0) is 51.4 Å². The molecule has 0 aromatic rings. The van der Waals surface area contributed by atoms with Crippen molar-refractivity contribution in [3.05, 3.63) is 0 Å². The van der Waals surface area contributed by atoms with Crippen LogP contribution in [0.1, 0.15) is 89.9 Å². The van der Waals surface area contributed by atoms with Gasteiger partial charge in [0.25, 0.3) is 0 Å². The van der Waals surface area contributed by atoms with Gasteiger partial charge in [0.1, 0.15) is 24.4 Å². The van der Waals surface area contributed by atoms with Crippen LogP contribution in [0.4, 0.5) is 0 Å². The van der Waals surface area contributed by atoms with E-state index < -0.39 is 123 Å². The van der Waals surface area contributed by atoms with E-state index in [2.05, 4.69) is 0 Å². The Morgan fingerprint density at radius 2 is 0.617 bits per heavy atom. The monoisotopic (exact) mass is 850 g/mol. The van der Waals surface area contributed by atoms with Crippen molar-refractivity contribution in [3.8, 4) is 0 Å². The molecule has 20 nitrogen and oxygen atoms in total. The molecule has 0 aromatic heterocycles. The van der Waals surface area contributed by atoms with Gasteiger partial charge in [-0.3, -0.25) is 19.2 Å². The van der Waals surface area contributed by atoms with Crippen LogP contribution >= 0.6 is 0 Å². The van der Waals surface area contributed by atoms with Gasteiger partial charge in [-0.1, -0.05) is 0 Å². The predicted molar refractivity (Wildman–Crippen MR) is 190 cm³/mol. The zero-order valence-corrected chi connectivity index (χ0v) is 33.0. The zero-order valence-electron chi connectivity index (χ0n) is 33.0. The van der Waals surface area contributed by atoms with Crippen LogP contribution in [0.25, 0.3) is 0 Å². The molecule has 330 valence electrons. The summed E-state index contributed by atoms with van der Waals surface area (Å²) >= 11 is 0. The van der Waals surface area contributed by atoms with Gasteiger partial charge >= 0.3 is 47.8 Å². The molecule has 4 aliphatic carbocycles. The van der Waals surface area contributed by atoms with Crippen LogP contribution in [0.15, 0.2) is 0 Å². The lowest BCUT2D eigenvalue weighted by Gasteiger charge is -2.24. The van der Waals surface area contributed by atoms with Gasteiger partial charge in [0.05, 0.1) is 73.5 Å². The van der Waals surface area contributed by atoms with E-state index in [4.69, 9.17) is 56.8 Å². The fourth-order valence-corrected chi connectivity index (χ4v) is 8.79. The van der Waals surface area contributed by atoms with Crippen molar-refractivity contribution < 1.29 is 95.2 Å². The third-order valence-electron chi connectivity index (χ3n) is 12.2. The molecule has 8 rings (SSSR count). The first-order chi connectivity index (χ1) is 28.9. The van der Waals surface area contributed by atoms with Crippen molar-refractivity contribution in [3.63, 3.8) is 0 Å². The summed E-state index contributed by atoms with van der Waals surface area (Å²) in [6.45, 7) is -3.50. The van der Waals surface area contributed by atoms with Crippen LogP contribution in [-0.2, 0) is 95.2 Å². The summed E-state index contributed by atoms with van der Waals surface area (Å²) in [7, 11) is 0. The molecule has 4 saturated carbocycles. The number of hydrogen-bond acceptors (Lipinski definition) is 20. The molecule has 14 atom stereocenters. The molecule has 0 N–H and O–H groups in total. The minimum absolute atomic E-state index is 0.00530. The highest BCUT2D eigenvalue weighted by molar-refractivity contribution is 5.90. The number of epoxide rings is 4. The second kappa shape index (κ2) is 18.7. The zero-order chi connectivity index (χ0) is 41.9. The highest BCUT2D eigenvalue weighted by Crippen LogP contribution is 2.40. The molecule has 0 radical (unpaired) electrons. The van der Waals surface area contributed by atoms with Crippen molar-refractivity contribution >= 4 is 47.8 Å². The lowest BCUT2D eigenvalue weighted by Crippen LogP contribution is -2.38. The second-order valence-electron chi connectivity index (χ2n) is 16.7. The minimum atomic E-state index is -1.89. The van der Waals surface area contributed by atoms with Gasteiger partial charge in [0.15, 0.2) is 26.4 Å². The molecule has 8 fully saturated rings. The Hall–Kier alpha value is -4.40. The van der Waals surface area contributed by atoms with E-state index >= 15 is 0 Å². The van der Waals surface area contributed by atoms with Crippen molar-refractivity contribution in [1.29, 1.82) is 0 Å². The number of rotatable bonds is 19. The SMILES string of the molecule is O=C(CC(C(=O)OCC(=O)OC1CCC2OC2C1)C(CC(=O)OCC(=O)OC1CCC2OC2C1)C(=O)OCC(=O)OC1CCC2OC2C1)OCC(=O)OC1CCC2OC2C1. The summed E-state index contributed by atoms with van der Waals surface area (Å²) in [5.74, 6) is -12.3. The first-order valence-corrected chi connectivity index (χ1v) is 21.0. The van der Waals surface area contributed by atoms with E-state index in [1.807, 2.05) is 0 Å². The number of esters is 8. The van der Waals surface area contributed by atoms with Crippen LogP contribution in [0.2, 0.25) is 0 Å². The van der Waals surface area contributed by atoms with Gasteiger partial charge in [-0.25, -0.2) is 19.2 Å². The molecule has 0 bridgehead atoms. The quantitative estimate of drug-likeness (QED) is 0.0980. The van der Waals surface area contributed by atoms with Gasteiger partial charge in [0.2, 0.25) is 0 Å². The Labute approximate surface area is 344 Å². The standard InChI is InChI=1S/C40H50O20/c41-33(49-15-35(43)53-19-1-5-25-29(9-19)57-25)13-23(39(47)51-17-37(45)55-21-3-7-27-31(11-21)59-27)24(40(48)52-18-38(46)56-22-4-8-28-32(12-22)60-28)14-34(42)50-16-36(44)54-20-2-6-26-30(10-20)58-26/h19-32H,1-18H2. The Morgan fingerprint density at radius 3 is 0.883 bits per heavy atom. The molecule has 20 heteroatoms. The number of hydrogen-bond donors (Lipinski definition) is 0. The predicted octanol–water partition coefficient (Wildman–Crippen LogP) is 0.624. The molecule has 60 heavy (non-hydrogen) atoms. The molecular weight excluding hydrogens is 800 g/mol. The van der Waals surface area contributed by atoms with Crippen LogP contribution in [0.5, 0.6) is 0 Å². The number of carbonyl (C=O) groups excluding carboxylic acids is 8. The van der Waals surface area contributed by atoms with Crippen molar-refractivity contribution in [2.45, 2.75) is 163 Å². The summed E-state index contributed by atoms with van der Waals surface area (Å²) < 4.78 is 64.2. The summed E-state index contributed by atoms with van der Waals surface area (Å²) in [5, 5.41) is 0. The Bertz CT molecular complexity index is 1560. The second-order valence-corrected chi connectivity index (χ2v) is 16.7. The Morgan fingerprint density at radius 1 is 0.350 bits per heavy atom. The van der Waals surface area contributed by atoms with E-state index in [1.54, 1.807) is 0 Å². The Balaban J connectivity index is 0.902. The summed E-state index contributed by atoms with van der Waals surface area (Å²) in [5.41, 5.74) is 0. The van der Waals surface area contributed by atoms with Crippen LogP contribution in [0.3, 0.4) is 0 Å². The fraction of sp³-hybridized carbons (Fsp3) is 0.800. The largest absolute Gasteiger partial charge is 0.460 e. The lowest BCUT2D eigenvalue weighted by molar-refractivity contribution is -0.176. The van der Waals surface area contributed by atoms with Crippen molar-refractivity contribution in [2.75, 3.05) is 26.4 Å². The first-order valence-electron chi connectivity index (χ1n) is 21.0. The number of ether oxygens (including phenoxy) is 12. The van der Waals surface area contributed by atoms with E-state index in [9.17, 15) is 38.4 Å². The summed E-state index contributed by atoms with van der Waals surface area (Å²) in [6, 6.07) is 0. The number of carbonyl (C=O) groups is 8. The Kier molecular flexibility index (Phi) is 13.2. The van der Waals surface area contributed by atoms with Crippen molar-refractivity contribution in [2.24, 2.45) is 11.8 Å². The molecule has 4 heterocycles. The fourth-order valence-electron chi connectivity index (χ4n) is 8.79. The molecule has 14 unspecified atom stereocenters. The minimum Gasteiger partial charge on any atom is -0.460 e. The highest BCUT2D eigenvalue weighted by atomic mass is 16.6. The van der Waals surface area contributed by atoms with Crippen molar-refractivity contribution in [1.82, 2.24) is 0 Å². The normalized spacial score (nSPS) is 34.7. The van der Waals surface area contributed by atoms with Gasteiger partial charge in [-0.15, -0.1) is 0 Å². The average Bonchev–Trinajstić information content (AvgIpc) is 4.02.